The van der Waals surface area contributed by atoms with Gasteiger partial charge in [-0.15, -0.1) is 0 Å². The quantitative estimate of drug-likeness (QED) is 0.741. The van der Waals surface area contributed by atoms with E-state index in [-0.39, 0.29) is 17.2 Å². The lowest BCUT2D eigenvalue weighted by Gasteiger charge is -2.42. The zero-order valence-corrected chi connectivity index (χ0v) is 19.8. The van der Waals surface area contributed by atoms with Gasteiger partial charge in [0.15, 0.2) is 0 Å². The topological polar surface area (TPSA) is 84.7 Å². The van der Waals surface area contributed by atoms with Gasteiger partial charge >= 0.3 is 0 Å². The molecule has 1 aromatic carbocycles. The molecular weight excluding hydrogens is 418 g/mol. The molecule has 0 bridgehead atoms. The number of carbonyl (C=O) groups excluding carboxylic acids is 2. The predicted molar refractivity (Wildman–Crippen MR) is 125 cm³/mol. The van der Waals surface area contributed by atoms with E-state index in [1.165, 1.54) is 0 Å². The van der Waals surface area contributed by atoms with Gasteiger partial charge in [0.2, 0.25) is 5.76 Å². The van der Waals surface area contributed by atoms with Gasteiger partial charge in [0.05, 0.1) is 17.9 Å². The number of nitrogens with zero attached hydrogens (tertiary/aromatic N) is 2. The smallest absolute Gasteiger partial charge is 0.292 e. The van der Waals surface area contributed by atoms with Gasteiger partial charge in [0, 0.05) is 25.7 Å². The highest BCUT2D eigenvalue weighted by Crippen LogP contribution is 2.37. The molecule has 1 fully saturated rings. The maximum Gasteiger partial charge on any atom is 0.292 e. The molecule has 2 aliphatic heterocycles. The van der Waals surface area contributed by atoms with Crippen LogP contribution in [-0.2, 0) is 6.42 Å². The van der Waals surface area contributed by atoms with E-state index in [1.54, 1.807) is 6.07 Å². The Kier molecular flexibility index (Phi) is 7.36. The summed E-state index contributed by atoms with van der Waals surface area (Å²) >= 11 is 0. The normalized spacial score (nSPS) is 19.2. The van der Waals surface area contributed by atoms with Crippen LogP contribution in [0.2, 0.25) is 0 Å². The number of benzene rings is 1. The van der Waals surface area contributed by atoms with Crippen LogP contribution in [0.25, 0.3) is 0 Å². The number of fused-ring (bicyclic) bond motifs is 1. The fourth-order valence-corrected chi connectivity index (χ4v) is 4.89. The molecule has 7 heteroatoms. The van der Waals surface area contributed by atoms with E-state index in [9.17, 15) is 9.59 Å². The fourth-order valence-electron chi connectivity index (χ4n) is 4.89. The van der Waals surface area contributed by atoms with E-state index < -0.39 is 0 Å². The van der Waals surface area contributed by atoms with Gasteiger partial charge in [0.1, 0.15) is 5.75 Å². The van der Waals surface area contributed by atoms with Crippen LogP contribution in [0, 0.1) is 11.3 Å². The minimum atomic E-state index is -0.0941. The summed E-state index contributed by atoms with van der Waals surface area (Å²) in [5.41, 5.74) is 1.42. The lowest BCUT2D eigenvalue weighted by molar-refractivity contribution is 0.0499. The van der Waals surface area contributed by atoms with Crippen molar-refractivity contribution in [1.82, 2.24) is 15.4 Å². The molecule has 178 valence electrons. The zero-order valence-electron chi connectivity index (χ0n) is 19.8. The molecule has 1 aromatic heterocycles. The number of carbonyl (C=O) groups is 2. The second kappa shape index (κ2) is 10.4. The fraction of sp³-hybridized carbons (Fsp3) is 0.577. The first-order valence-corrected chi connectivity index (χ1v) is 12.2. The molecule has 2 aromatic rings. The Morgan fingerprint density at radius 3 is 2.73 bits per heavy atom. The van der Waals surface area contributed by atoms with Crippen molar-refractivity contribution in [2.75, 3.05) is 26.2 Å². The maximum absolute atomic E-state index is 13.0. The third-order valence-corrected chi connectivity index (χ3v) is 6.86. The number of nitrogens with one attached hydrogen (secondary N) is 1. The molecular formula is C26H35N3O4. The van der Waals surface area contributed by atoms with Crippen LogP contribution in [0.5, 0.6) is 5.75 Å². The first-order chi connectivity index (χ1) is 16.0. The Morgan fingerprint density at radius 2 is 1.94 bits per heavy atom. The van der Waals surface area contributed by atoms with Crippen molar-refractivity contribution in [3.63, 3.8) is 0 Å². The number of hydrogen-bond donors (Lipinski definition) is 1. The molecule has 3 heterocycles. The van der Waals surface area contributed by atoms with Crippen molar-refractivity contribution < 1.29 is 18.8 Å². The first kappa shape index (κ1) is 23.3. The Morgan fingerprint density at radius 1 is 1.15 bits per heavy atom. The highest BCUT2D eigenvalue weighted by molar-refractivity contribution is 5.97. The van der Waals surface area contributed by atoms with Crippen LogP contribution in [-0.4, -0.2) is 48.1 Å². The zero-order chi connectivity index (χ0) is 23.3. The Labute approximate surface area is 195 Å². The lowest BCUT2D eigenvalue weighted by atomic mass is 9.74. The van der Waals surface area contributed by atoms with Crippen molar-refractivity contribution in [2.24, 2.45) is 11.3 Å². The molecule has 0 atom stereocenters. The number of amides is 2. The molecule has 33 heavy (non-hydrogen) atoms. The molecule has 7 nitrogen and oxygen atoms in total. The number of hydrogen-bond acceptors (Lipinski definition) is 5. The van der Waals surface area contributed by atoms with E-state index in [4.69, 9.17) is 9.26 Å². The molecule has 0 radical (unpaired) electrons. The summed E-state index contributed by atoms with van der Waals surface area (Å²) in [6, 6.07) is 9.21. The third-order valence-electron chi connectivity index (χ3n) is 6.86. The summed E-state index contributed by atoms with van der Waals surface area (Å²) in [5.74, 6) is 1.25. The molecule has 1 saturated heterocycles. The third kappa shape index (κ3) is 5.75. The molecule has 2 aliphatic rings. The van der Waals surface area contributed by atoms with E-state index in [0.29, 0.717) is 49.2 Å². The van der Waals surface area contributed by atoms with E-state index in [2.05, 4.69) is 24.3 Å². The Balaban J connectivity index is 1.41. The standard InChI is InChI=1S/C26H35N3O4/c1-19(2)16-20-17-23(33-28-20)25(31)29-13-11-26(12-14-29)10-6-3-7-15-32-22-9-5-4-8-21(22)24(30)27-18-26/h4-5,8-9,17,19H,3,6-7,10-16,18H2,1-2H3,(H,27,30). The molecule has 4 rings (SSSR count). The van der Waals surface area contributed by atoms with Crippen molar-refractivity contribution >= 4 is 11.8 Å². The Hall–Kier alpha value is -2.83. The van der Waals surface area contributed by atoms with Crippen LogP contribution in [0.4, 0.5) is 0 Å². The van der Waals surface area contributed by atoms with E-state index >= 15 is 0 Å². The minimum absolute atomic E-state index is 0.00561. The van der Waals surface area contributed by atoms with E-state index in [1.807, 2.05) is 29.2 Å². The SMILES string of the molecule is CC(C)Cc1cc(C(=O)N2CCC3(CCCCCOc4ccccc4C(=O)NC3)CC2)on1. The molecule has 1 N–H and O–H groups in total. The average molecular weight is 454 g/mol. The summed E-state index contributed by atoms with van der Waals surface area (Å²) in [4.78, 5) is 27.8. The lowest BCUT2D eigenvalue weighted by Crippen LogP contribution is -2.48. The van der Waals surface area contributed by atoms with Gasteiger partial charge in [-0.25, -0.2) is 0 Å². The number of ether oxygens (including phenoxy) is 1. The largest absolute Gasteiger partial charge is 0.493 e. The van der Waals surface area contributed by atoms with E-state index in [0.717, 1.165) is 50.6 Å². The summed E-state index contributed by atoms with van der Waals surface area (Å²) in [6.07, 6.45) is 6.73. The summed E-state index contributed by atoms with van der Waals surface area (Å²) in [7, 11) is 0. The van der Waals surface area contributed by atoms with Crippen molar-refractivity contribution in [3.8, 4) is 5.75 Å². The highest BCUT2D eigenvalue weighted by Gasteiger charge is 2.37. The number of aromatic nitrogens is 1. The highest BCUT2D eigenvalue weighted by atomic mass is 16.5. The summed E-state index contributed by atoms with van der Waals surface area (Å²) in [5, 5.41) is 7.22. The summed E-state index contributed by atoms with van der Waals surface area (Å²) < 4.78 is 11.2. The number of piperidine rings is 1. The number of para-hydroxylation sites is 1. The van der Waals surface area contributed by atoms with Gasteiger partial charge in [-0.3, -0.25) is 9.59 Å². The van der Waals surface area contributed by atoms with Gasteiger partial charge in [-0.2, -0.15) is 0 Å². The predicted octanol–water partition coefficient (Wildman–Crippen LogP) is 4.48. The van der Waals surface area contributed by atoms with Gasteiger partial charge in [-0.1, -0.05) is 44.0 Å². The van der Waals surface area contributed by atoms with Crippen LogP contribution in [0.1, 0.15) is 79.0 Å². The second-order valence-electron chi connectivity index (χ2n) is 9.91. The van der Waals surface area contributed by atoms with Crippen molar-refractivity contribution in [3.05, 3.63) is 47.3 Å². The first-order valence-electron chi connectivity index (χ1n) is 12.2. The minimum Gasteiger partial charge on any atom is -0.493 e. The van der Waals surface area contributed by atoms with Crippen molar-refractivity contribution in [2.45, 2.75) is 58.8 Å². The van der Waals surface area contributed by atoms with Crippen LogP contribution >= 0.6 is 0 Å². The number of rotatable bonds is 3. The maximum atomic E-state index is 13.0. The monoisotopic (exact) mass is 453 g/mol. The van der Waals surface area contributed by atoms with Crippen molar-refractivity contribution in [1.29, 1.82) is 0 Å². The van der Waals surface area contributed by atoms with Crippen LogP contribution < -0.4 is 10.1 Å². The Bertz CT molecular complexity index is 960. The van der Waals surface area contributed by atoms with Gasteiger partial charge in [-0.05, 0) is 55.6 Å². The molecule has 0 unspecified atom stereocenters. The van der Waals surface area contributed by atoms with Gasteiger partial charge < -0.3 is 19.5 Å². The molecule has 2 amide bonds. The number of likely N-dealkylation sites (tertiary alicyclic amines) is 1. The molecule has 0 saturated carbocycles. The van der Waals surface area contributed by atoms with Crippen LogP contribution in [0.15, 0.2) is 34.9 Å². The molecule has 0 aliphatic carbocycles. The van der Waals surface area contributed by atoms with Gasteiger partial charge in [0.25, 0.3) is 11.8 Å². The van der Waals surface area contributed by atoms with Crippen LogP contribution in [0.3, 0.4) is 0 Å². The molecule has 1 spiro atoms. The average Bonchev–Trinajstić information content (AvgIpc) is 3.27. The summed E-state index contributed by atoms with van der Waals surface area (Å²) in [6.45, 7) is 6.79. The second-order valence-corrected chi connectivity index (χ2v) is 9.91.